The van der Waals surface area contributed by atoms with Crippen LogP contribution in [0, 0.1) is 0 Å². The molecule has 3 aromatic rings. The van der Waals surface area contributed by atoms with Crippen molar-refractivity contribution in [1.82, 2.24) is 15.3 Å². The summed E-state index contributed by atoms with van der Waals surface area (Å²) in [4.78, 5) is 21.2. The van der Waals surface area contributed by atoms with E-state index in [0.717, 1.165) is 15.3 Å². The van der Waals surface area contributed by atoms with Gasteiger partial charge in [0, 0.05) is 11.4 Å². The van der Waals surface area contributed by atoms with Crippen molar-refractivity contribution in [3.05, 3.63) is 53.2 Å². The quantitative estimate of drug-likeness (QED) is 0.752. The van der Waals surface area contributed by atoms with Crippen LogP contribution in [0.15, 0.2) is 42.7 Å². The summed E-state index contributed by atoms with van der Waals surface area (Å²) in [5.41, 5.74) is 0.946. The molecule has 0 atom stereocenters. The summed E-state index contributed by atoms with van der Waals surface area (Å²) < 4.78 is 5.14. The molecule has 2 N–H and O–H groups in total. The Morgan fingerprint density at radius 2 is 2.09 bits per heavy atom. The van der Waals surface area contributed by atoms with Crippen molar-refractivity contribution in [3.63, 3.8) is 0 Å². The highest BCUT2D eigenvalue weighted by molar-refractivity contribution is 7.18. The minimum Gasteiger partial charge on any atom is -0.493 e. The van der Waals surface area contributed by atoms with Crippen LogP contribution in [-0.4, -0.2) is 27.7 Å². The third-order valence-electron chi connectivity index (χ3n) is 3.21. The van der Waals surface area contributed by atoms with Crippen LogP contribution in [-0.2, 0) is 17.8 Å². The molecule has 1 amide bonds. The zero-order valence-corrected chi connectivity index (χ0v) is 13.0. The zero-order chi connectivity index (χ0) is 16.1. The van der Waals surface area contributed by atoms with Gasteiger partial charge < -0.3 is 15.2 Å². The lowest BCUT2D eigenvalue weighted by molar-refractivity contribution is 0.140. The first-order chi connectivity index (χ1) is 11.2. The summed E-state index contributed by atoms with van der Waals surface area (Å²) in [6, 6.07) is 11.4. The molecule has 0 bridgehead atoms. The Morgan fingerprint density at radius 1 is 1.26 bits per heavy atom. The highest BCUT2D eigenvalue weighted by Gasteiger charge is 2.08. The van der Waals surface area contributed by atoms with E-state index < -0.39 is 6.09 Å². The Bertz CT molecular complexity index is 805. The van der Waals surface area contributed by atoms with Gasteiger partial charge in [-0.1, -0.05) is 30.3 Å². The third kappa shape index (κ3) is 3.95. The number of nitrogens with zero attached hydrogens (tertiary/aromatic N) is 2. The number of ether oxygens (including phenoxy) is 1. The van der Waals surface area contributed by atoms with Crippen molar-refractivity contribution in [2.24, 2.45) is 0 Å². The van der Waals surface area contributed by atoms with Gasteiger partial charge in [-0.2, -0.15) is 0 Å². The van der Waals surface area contributed by atoms with Gasteiger partial charge in [0.25, 0.3) is 0 Å². The average Bonchev–Trinajstić information content (AvgIpc) is 2.98. The fourth-order valence-corrected chi connectivity index (χ4v) is 3.07. The minimum absolute atomic E-state index is 0.0206. The molecule has 7 heteroatoms. The fraction of sp³-hybridized carbons (Fsp3) is 0.188. The highest BCUT2D eigenvalue weighted by atomic mass is 32.1. The molecule has 0 saturated carbocycles. The van der Waals surface area contributed by atoms with Gasteiger partial charge in [-0.25, -0.2) is 14.8 Å². The molecule has 0 aliphatic heterocycles. The lowest BCUT2D eigenvalue weighted by Gasteiger charge is -2.06. The molecule has 1 aromatic carbocycles. The van der Waals surface area contributed by atoms with E-state index in [-0.39, 0.29) is 12.5 Å². The molecule has 0 radical (unpaired) electrons. The van der Waals surface area contributed by atoms with E-state index in [1.54, 1.807) is 0 Å². The second-order valence-corrected chi connectivity index (χ2v) is 5.98. The molecule has 0 aliphatic rings. The van der Waals surface area contributed by atoms with Crippen molar-refractivity contribution in [2.45, 2.75) is 13.0 Å². The molecule has 0 fully saturated rings. The van der Waals surface area contributed by atoms with Gasteiger partial charge in [0.2, 0.25) is 5.88 Å². The molecule has 2 heterocycles. The molecule has 0 aliphatic carbocycles. The van der Waals surface area contributed by atoms with Gasteiger partial charge >= 0.3 is 6.09 Å². The summed E-state index contributed by atoms with van der Waals surface area (Å²) in [5.74, 6) is -0.0206. The van der Waals surface area contributed by atoms with Gasteiger partial charge in [0.1, 0.15) is 17.8 Å². The number of fused-ring (bicyclic) bond motifs is 1. The molecule has 6 nitrogen and oxygen atoms in total. The predicted octanol–water partition coefficient (Wildman–Crippen LogP) is 2.87. The van der Waals surface area contributed by atoms with Gasteiger partial charge in [-0.05, 0) is 18.1 Å². The monoisotopic (exact) mass is 329 g/mol. The van der Waals surface area contributed by atoms with Crippen LogP contribution in [0.4, 0.5) is 4.79 Å². The van der Waals surface area contributed by atoms with Crippen molar-refractivity contribution < 1.29 is 14.6 Å². The van der Waals surface area contributed by atoms with Crippen LogP contribution in [0.3, 0.4) is 0 Å². The maximum atomic E-state index is 11.6. The Morgan fingerprint density at radius 3 is 2.87 bits per heavy atom. The number of carbonyl (C=O) groups excluding carboxylic acids is 1. The Balaban J connectivity index is 1.46. The second-order valence-electron chi connectivity index (χ2n) is 4.87. The van der Waals surface area contributed by atoms with Crippen LogP contribution >= 0.6 is 11.3 Å². The number of nitrogens with one attached hydrogen (secondary N) is 1. The van der Waals surface area contributed by atoms with Crippen LogP contribution in [0.2, 0.25) is 0 Å². The number of aromatic hydroxyl groups is 1. The minimum atomic E-state index is -0.447. The SMILES string of the molecule is O=C(NCCc1cc2c(O)ncnc2s1)OCc1ccccc1. The highest BCUT2D eigenvalue weighted by Crippen LogP contribution is 2.28. The molecular weight excluding hydrogens is 314 g/mol. The number of alkyl carbamates (subject to hydrolysis) is 1. The first kappa shape index (κ1) is 15.2. The summed E-state index contributed by atoms with van der Waals surface area (Å²) in [6.07, 6.45) is 1.52. The molecule has 0 unspecified atom stereocenters. The third-order valence-corrected chi connectivity index (χ3v) is 4.32. The van der Waals surface area contributed by atoms with E-state index in [0.29, 0.717) is 18.4 Å². The van der Waals surface area contributed by atoms with Crippen LogP contribution in [0.25, 0.3) is 10.2 Å². The van der Waals surface area contributed by atoms with E-state index in [2.05, 4.69) is 15.3 Å². The topological polar surface area (TPSA) is 84.3 Å². The van der Waals surface area contributed by atoms with Crippen LogP contribution < -0.4 is 5.32 Å². The van der Waals surface area contributed by atoms with Crippen LogP contribution in [0.5, 0.6) is 5.88 Å². The number of thiophene rings is 1. The Labute approximate surface area is 136 Å². The van der Waals surface area contributed by atoms with Gasteiger partial charge in [0.15, 0.2) is 0 Å². The maximum Gasteiger partial charge on any atom is 0.407 e. The summed E-state index contributed by atoms with van der Waals surface area (Å²) in [6.45, 7) is 0.702. The lowest BCUT2D eigenvalue weighted by Crippen LogP contribution is -2.26. The molecule has 118 valence electrons. The molecule has 3 rings (SSSR count). The Hall–Kier alpha value is -2.67. The van der Waals surface area contributed by atoms with E-state index in [1.807, 2.05) is 36.4 Å². The number of amides is 1. The predicted molar refractivity (Wildman–Crippen MR) is 87.4 cm³/mol. The van der Waals surface area contributed by atoms with Crippen molar-refractivity contribution in [3.8, 4) is 5.88 Å². The molecule has 0 spiro atoms. The summed E-state index contributed by atoms with van der Waals surface area (Å²) in [5, 5.41) is 13.0. The largest absolute Gasteiger partial charge is 0.493 e. The second kappa shape index (κ2) is 7.06. The average molecular weight is 329 g/mol. The van der Waals surface area contributed by atoms with E-state index in [9.17, 15) is 9.90 Å². The Kier molecular flexibility index (Phi) is 4.68. The first-order valence-electron chi connectivity index (χ1n) is 7.09. The van der Waals surface area contributed by atoms with Crippen molar-refractivity contribution in [1.29, 1.82) is 0 Å². The number of aromatic nitrogens is 2. The number of hydrogen-bond acceptors (Lipinski definition) is 6. The summed E-state index contributed by atoms with van der Waals surface area (Å²) >= 11 is 1.47. The lowest BCUT2D eigenvalue weighted by atomic mass is 10.2. The normalized spacial score (nSPS) is 10.6. The molecule has 23 heavy (non-hydrogen) atoms. The number of rotatable bonds is 5. The fourth-order valence-electron chi connectivity index (χ4n) is 2.08. The molecular formula is C16H15N3O3S. The van der Waals surface area contributed by atoms with Gasteiger partial charge in [0.05, 0.1) is 5.39 Å². The molecule has 0 saturated heterocycles. The smallest absolute Gasteiger partial charge is 0.407 e. The maximum absolute atomic E-state index is 11.6. The van der Waals surface area contributed by atoms with E-state index >= 15 is 0 Å². The van der Waals surface area contributed by atoms with Crippen molar-refractivity contribution in [2.75, 3.05) is 6.54 Å². The number of hydrogen-bond donors (Lipinski definition) is 2. The molecule has 2 aromatic heterocycles. The first-order valence-corrected chi connectivity index (χ1v) is 7.91. The van der Waals surface area contributed by atoms with E-state index in [1.165, 1.54) is 17.7 Å². The number of carbonyl (C=O) groups is 1. The number of benzene rings is 1. The summed E-state index contributed by atoms with van der Waals surface area (Å²) in [7, 11) is 0. The van der Waals surface area contributed by atoms with E-state index in [4.69, 9.17) is 4.74 Å². The zero-order valence-electron chi connectivity index (χ0n) is 12.2. The van der Waals surface area contributed by atoms with Crippen LogP contribution in [0.1, 0.15) is 10.4 Å². The van der Waals surface area contributed by atoms with Crippen molar-refractivity contribution >= 4 is 27.6 Å². The van der Waals surface area contributed by atoms with Gasteiger partial charge in [-0.15, -0.1) is 11.3 Å². The van der Waals surface area contributed by atoms with Gasteiger partial charge in [-0.3, -0.25) is 0 Å². The standard InChI is InChI=1S/C16H15N3O3S/c20-14-13-8-12(23-15(13)19-10-18-14)6-7-17-16(21)22-9-11-4-2-1-3-5-11/h1-5,8,10H,6-7,9H2,(H,17,21)(H,18,19,20).